The molecule has 9 heteroatoms. The molecule has 0 spiro atoms. The fraction of sp³-hybridized carbons (Fsp3) is 0.588. The van der Waals surface area contributed by atoms with Crippen LogP contribution < -0.4 is 5.32 Å². The Morgan fingerprint density at radius 1 is 1.42 bits per heavy atom. The number of likely N-dealkylation sites (tertiary alicyclic amines) is 1. The fourth-order valence-corrected chi connectivity index (χ4v) is 4.53. The van der Waals surface area contributed by atoms with E-state index in [4.69, 9.17) is 0 Å². The molecule has 2 rings (SSSR count). The molecule has 142 valence electrons. The van der Waals surface area contributed by atoms with Gasteiger partial charge in [0.15, 0.2) is 5.54 Å². The Bertz CT molecular complexity index is 649. The van der Waals surface area contributed by atoms with E-state index in [0.29, 0.717) is 25.9 Å². The standard InChI is InChI=1S/C17H24N4O4S/c1-3-17(15(23)24,19-14(22)13-6-5-9-18-12-13)16(26-20-25)7-10-21(4-2)11-8-16/h5-6,9,12H,3-4,7-8,10-11H2,1-2H3,(H,19,22)(H,23,24). The summed E-state index contributed by atoms with van der Waals surface area (Å²) in [6.07, 6.45) is 3.96. The maximum Gasteiger partial charge on any atom is 0.330 e. The summed E-state index contributed by atoms with van der Waals surface area (Å²) in [5.74, 6) is -1.68. The number of carboxylic acid groups (broad SMARTS) is 1. The number of hydrogen-bond acceptors (Lipinski definition) is 7. The lowest BCUT2D eigenvalue weighted by Gasteiger charge is -2.49. The number of carbonyl (C=O) groups is 2. The molecule has 1 aliphatic rings. The smallest absolute Gasteiger partial charge is 0.330 e. The van der Waals surface area contributed by atoms with E-state index in [1.165, 1.54) is 12.4 Å². The maximum absolute atomic E-state index is 12.7. The number of amides is 1. The average Bonchev–Trinajstić information content (AvgIpc) is 2.67. The van der Waals surface area contributed by atoms with Crippen LogP contribution in [0.4, 0.5) is 0 Å². The van der Waals surface area contributed by atoms with Crippen LogP contribution in [-0.2, 0) is 4.79 Å². The van der Waals surface area contributed by atoms with Gasteiger partial charge in [0.05, 0.1) is 10.3 Å². The molecule has 2 N–H and O–H groups in total. The first kappa shape index (κ1) is 20.3. The molecule has 0 saturated carbocycles. The molecule has 0 bridgehead atoms. The third kappa shape index (κ3) is 3.73. The molecule has 1 saturated heterocycles. The topological polar surface area (TPSA) is 112 Å². The summed E-state index contributed by atoms with van der Waals surface area (Å²) in [5, 5.41) is 12.8. The Balaban J connectivity index is 2.41. The number of nitroso groups, excluding NO2 is 1. The number of hydrogen-bond donors (Lipinski definition) is 2. The number of aromatic nitrogens is 1. The Morgan fingerprint density at radius 3 is 2.58 bits per heavy atom. The van der Waals surface area contributed by atoms with Crippen LogP contribution in [0, 0.1) is 4.91 Å². The lowest BCUT2D eigenvalue weighted by molar-refractivity contribution is -0.147. The molecule has 2 heterocycles. The molecule has 1 atom stereocenters. The highest BCUT2D eigenvalue weighted by molar-refractivity contribution is 7.99. The van der Waals surface area contributed by atoms with Crippen LogP contribution in [-0.4, -0.2) is 56.8 Å². The van der Waals surface area contributed by atoms with Crippen molar-refractivity contribution in [2.24, 2.45) is 4.58 Å². The van der Waals surface area contributed by atoms with Crippen molar-refractivity contribution in [3.05, 3.63) is 35.0 Å². The van der Waals surface area contributed by atoms with Crippen molar-refractivity contribution >= 4 is 23.8 Å². The predicted octanol–water partition coefficient (Wildman–Crippen LogP) is 2.31. The van der Waals surface area contributed by atoms with Crippen LogP contribution in [0.3, 0.4) is 0 Å². The largest absolute Gasteiger partial charge is 0.479 e. The van der Waals surface area contributed by atoms with Gasteiger partial charge in [-0.05, 0) is 51.0 Å². The van der Waals surface area contributed by atoms with Crippen LogP contribution in [0.2, 0.25) is 0 Å². The van der Waals surface area contributed by atoms with Crippen molar-refractivity contribution < 1.29 is 14.7 Å². The minimum atomic E-state index is -1.60. The van der Waals surface area contributed by atoms with Crippen molar-refractivity contribution in [1.29, 1.82) is 0 Å². The molecular formula is C17H24N4O4S. The average molecular weight is 380 g/mol. The first-order chi connectivity index (χ1) is 12.4. The molecule has 0 aromatic carbocycles. The lowest BCUT2D eigenvalue weighted by Crippen LogP contribution is -2.69. The second-order valence-electron chi connectivity index (χ2n) is 6.35. The Morgan fingerprint density at radius 2 is 2.12 bits per heavy atom. The van der Waals surface area contributed by atoms with E-state index in [1.807, 2.05) is 6.92 Å². The van der Waals surface area contributed by atoms with E-state index in [1.54, 1.807) is 19.1 Å². The minimum Gasteiger partial charge on any atom is -0.479 e. The first-order valence-electron chi connectivity index (χ1n) is 8.64. The number of piperidine rings is 1. The van der Waals surface area contributed by atoms with Gasteiger partial charge in [-0.15, -0.1) is 4.91 Å². The maximum atomic E-state index is 12.7. The zero-order valence-electron chi connectivity index (χ0n) is 15.0. The normalized spacial score (nSPS) is 19.3. The molecule has 1 aliphatic heterocycles. The van der Waals surface area contributed by atoms with Crippen LogP contribution in [0.25, 0.3) is 0 Å². The van der Waals surface area contributed by atoms with Crippen molar-refractivity contribution in [2.45, 2.75) is 43.4 Å². The number of carboxylic acids is 1. The van der Waals surface area contributed by atoms with Crippen molar-refractivity contribution in [1.82, 2.24) is 15.2 Å². The van der Waals surface area contributed by atoms with Crippen molar-refractivity contribution in [3.8, 4) is 0 Å². The SMILES string of the molecule is CCN1CCC(SN=O)(C(CC)(NC(=O)c2cccnc2)C(=O)O)CC1. The summed E-state index contributed by atoms with van der Waals surface area (Å²) in [5.41, 5.74) is -1.32. The van der Waals surface area contributed by atoms with E-state index in [-0.39, 0.29) is 12.0 Å². The molecule has 8 nitrogen and oxygen atoms in total. The summed E-state index contributed by atoms with van der Waals surface area (Å²) < 4.78 is 1.98. The van der Waals surface area contributed by atoms with Crippen molar-refractivity contribution in [3.63, 3.8) is 0 Å². The summed E-state index contributed by atoms with van der Waals surface area (Å²) in [4.78, 5) is 42.3. The van der Waals surface area contributed by atoms with E-state index in [2.05, 4.69) is 19.8 Å². The number of pyridine rings is 1. The molecule has 1 unspecified atom stereocenters. The summed E-state index contributed by atoms with van der Waals surface area (Å²) in [6.45, 7) is 5.89. The molecule has 0 aliphatic carbocycles. The molecule has 1 fully saturated rings. The minimum absolute atomic E-state index is 0.142. The highest BCUT2D eigenvalue weighted by Gasteiger charge is 2.59. The van der Waals surface area contributed by atoms with E-state index < -0.39 is 22.2 Å². The van der Waals surface area contributed by atoms with Gasteiger partial charge in [0.2, 0.25) is 0 Å². The molecule has 1 amide bonds. The van der Waals surface area contributed by atoms with E-state index in [0.717, 1.165) is 18.5 Å². The number of aliphatic carboxylic acids is 1. The van der Waals surface area contributed by atoms with E-state index >= 15 is 0 Å². The molecule has 26 heavy (non-hydrogen) atoms. The predicted molar refractivity (Wildman–Crippen MR) is 99.8 cm³/mol. The Kier molecular flexibility index (Phi) is 6.71. The molecule has 0 radical (unpaired) electrons. The third-order valence-corrected chi connectivity index (χ3v) is 6.43. The van der Waals surface area contributed by atoms with Crippen molar-refractivity contribution in [2.75, 3.05) is 19.6 Å². The number of rotatable bonds is 8. The molecular weight excluding hydrogens is 356 g/mol. The van der Waals surface area contributed by atoms with Gasteiger partial charge in [0.1, 0.15) is 0 Å². The van der Waals surface area contributed by atoms with Gasteiger partial charge in [-0.3, -0.25) is 9.78 Å². The van der Waals surface area contributed by atoms with Gasteiger partial charge in [0.25, 0.3) is 5.91 Å². The van der Waals surface area contributed by atoms with Gasteiger partial charge >= 0.3 is 5.97 Å². The fourth-order valence-electron chi connectivity index (χ4n) is 3.58. The Hall–Kier alpha value is -2.00. The monoisotopic (exact) mass is 380 g/mol. The second kappa shape index (κ2) is 8.59. The third-order valence-electron chi connectivity index (χ3n) is 5.25. The molecule has 1 aromatic rings. The lowest BCUT2D eigenvalue weighted by atomic mass is 9.74. The Labute approximate surface area is 156 Å². The number of nitrogens with zero attached hydrogens (tertiary/aromatic N) is 3. The van der Waals surface area contributed by atoms with Gasteiger partial charge in [-0.25, -0.2) is 4.79 Å². The zero-order valence-corrected chi connectivity index (χ0v) is 15.8. The van der Waals surface area contributed by atoms with Gasteiger partial charge < -0.3 is 15.3 Å². The highest BCUT2D eigenvalue weighted by atomic mass is 32.2. The first-order valence-corrected chi connectivity index (χ1v) is 9.41. The van der Waals surface area contributed by atoms with Crippen LogP contribution >= 0.6 is 11.9 Å². The van der Waals surface area contributed by atoms with Crippen LogP contribution in [0.15, 0.2) is 29.1 Å². The van der Waals surface area contributed by atoms with E-state index in [9.17, 15) is 19.6 Å². The summed E-state index contributed by atoms with van der Waals surface area (Å²) >= 11 is 0.741. The van der Waals surface area contributed by atoms with Gasteiger partial charge in [-0.1, -0.05) is 13.8 Å². The summed E-state index contributed by atoms with van der Waals surface area (Å²) in [7, 11) is 0. The summed E-state index contributed by atoms with van der Waals surface area (Å²) in [6, 6.07) is 3.18. The van der Waals surface area contributed by atoms with Gasteiger partial charge in [-0.2, -0.15) is 0 Å². The van der Waals surface area contributed by atoms with Crippen LogP contribution in [0.1, 0.15) is 43.5 Å². The zero-order chi connectivity index (χ0) is 19.2. The number of nitrogens with one attached hydrogen (secondary N) is 1. The number of carbonyl (C=O) groups excluding carboxylic acids is 1. The second-order valence-corrected chi connectivity index (χ2v) is 7.47. The van der Waals surface area contributed by atoms with Gasteiger partial charge in [0, 0.05) is 28.9 Å². The quantitative estimate of drug-likeness (QED) is 0.526. The molecule has 1 aromatic heterocycles. The van der Waals surface area contributed by atoms with Crippen LogP contribution in [0.5, 0.6) is 0 Å². The highest BCUT2D eigenvalue weighted by Crippen LogP contribution is 2.47.